The molecule has 1 heterocycles. The maximum absolute atomic E-state index is 11.4. The molecule has 1 N–H and O–H groups in total. The van der Waals surface area contributed by atoms with Gasteiger partial charge in [-0.05, 0) is 20.8 Å². The molecule has 4 heteroatoms. The van der Waals surface area contributed by atoms with Gasteiger partial charge in [0.1, 0.15) is 0 Å². The summed E-state index contributed by atoms with van der Waals surface area (Å²) < 4.78 is 4.96. The third kappa shape index (κ3) is 2.59. The van der Waals surface area contributed by atoms with Gasteiger partial charge in [-0.15, -0.1) is 0 Å². The molecule has 0 radical (unpaired) electrons. The summed E-state index contributed by atoms with van der Waals surface area (Å²) >= 11 is 0. The highest BCUT2D eigenvalue weighted by Gasteiger charge is 2.27. The molecule has 0 aromatic heterocycles. The van der Waals surface area contributed by atoms with Crippen LogP contribution >= 0.6 is 0 Å². The Kier molecular flexibility index (Phi) is 3.54. The monoisotopic (exact) mass is 186 g/mol. The van der Waals surface area contributed by atoms with Crippen LogP contribution in [-0.4, -0.2) is 42.8 Å². The van der Waals surface area contributed by atoms with E-state index in [9.17, 15) is 4.79 Å². The first-order valence-electron chi connectivity index (χ1n) is 4.82. The normalized spacial score (nSPS) is 28.7. The molecule has 0 spiro atoms. The summed E-state index contributed by atoms with van der Waals surface area (Å²) in [7, 11) is 0. The van der Waals surface area contributed by atoms with E-state index in [0.717, 1.165) is 13.1 Å². The highest BCUT2D eigenvalue weighted by atomic mass is 16.6. The molecule has 0 aliphatic carbocycles. The quantitative estimate of drug-likeness (QED) is 0.659. The summed E-state index contributed by atoms with van der Waals surface area (Å²) in [6.45, 7) is 7.95. The van der Waals surface area contributed by atoms with Crippen molar-refractivity contribution in [1.82, 2.24) is 10.2 Å². The lowest BCUT2D eigenvalue weighted by Gasteiger charge is -2.36. The van der Waals surface area contributed by atoms with Gasteiger partial charge in [0.05, 0.1) is 6.61 Å². The Morgan fingerprint density at radius 3 is 2.92 bits per heavy atom. The maximum atomic E-state index is 11.4. The Labute approximate surface area is 79.2 Å². The highest BCUT2D eigenvalue weighted by molar-refractivity contribution is 5.68. The fourth-order valence-corrected chi connectivity index (χ4v) is 1.48. The van der Waals surface area contributed by atoms with E-state index in [1.54, 1.807) is 4.90 Å². The zero-order chi connectivity index (χ0) is 9.84. The van der Waals surface area contributed by atoms with E-state index >= 15 is 0 Å². The molecule has 0 aromatic carbocycles. The molecule has 13 heavy (non-hydrogen) atoms. The van der Waals surface area contributed by atoms with Crippen LogP contribution in [0.1, 0.15) is 20.8 Å². The van der Waals surface area contributed by atoms with Gasteiger partial charge in [-0.25, -0.2) is 4.79 Å². The van der Waals surface area contributed by atoms with Gasteiger partial charge in [0, 0.05) is 25.2 Å². The van der Waals surface area contributed by atoms with Gasteiger partial charge in [0.15, 0.2) is 0 Å². The summed E-state index contributed by atoms with van der Waals surface area (Å²) in [5.74, 6) is 0. The Hall–Kier alpha value is -0.770. The Morgan fingerprint density at radius 2 is 2.31 bits per heavy atom. The topological polar surface area (TPSA) is 41.6 Å². The van der Waals surface area contributed by atoms with Crippen LogP contribution in [0.2, 0.25) is 0 Å². The second-order valence-corrected chi connectivity index (χ2v) is 3.51. The van der Waals surface area contributed by atoms with Crippen molar-refractivity contribution in [1.29, 1.82) is 0 Å². The summed E-state index contributed by atoms with van der Waals surface area (Å²) in [5.41, 5.74) is 0. The number of carbonyl (C=O) groups is 1. The lowest BCUT2D eigenvalue weighted by molar-refractivity contribution is 0.0773. The summed E-state index contributed by atoms with van der Waals surface area (Å²) in [6.07, 6.45) is -0.191. The van der Waals surface area contributed by atoms with Crippen molar-refractivity contribution >= 4 is 6.09 Å². The minimum absolute atomic E-state index is 0.191. The van der Waals surface area contributed by atoms with Gasteiger partial charge in [0.2, 0.25) is 0 Å². The number of hydrogen-bond donors (Lipinski definition) is 1. The van der Waals surface area contributed by atoms with E-state index in [-0.39, 0.29) is 12.1 Å². The minimum atomic E-state index is -0.191. The molecule has 1 saturated heterocycles. The average molecular weight is 186 g/mol. The van der Waals surface area contributed by atoms with Crippen LogP contribution < -0.4 is 5.32 Å². The van der Waals surface area contributed by atoms with Crippen molar-refractivity contribution in [2.24, 2.45) is 0 Å². The van der Waals surface area contributed by atoms with Crippen LogP contribution in [0.5, 0.6) is 0 Å². The van der Waals surface area contributed by atoms with Crippen molar-refractivity contribution < 1.29 is 9.53 Å². The van der Waals surface area contributed by atoms with Gasteiger partial charge in [-0.1, -0.05) is 0 Å². The van der Waals surface area contributed by atoms with Gasteiger partial charge in [-0.2, -0.15) is 0 Å². The first-order valence-corrected chi connectivity index (χ1v) is 4.82. The molecule has 76 valence electrons. The van der Waals surface area contributed by atoms with Crippen LogP contribution in [-0.2, 0) is 4.74 Å². The van der Waals surface area contributed by atoms with Gasteiger partial charge in [0.25, 0.3) is 0 Å². The van der Waals surface area contributed by atoms with Crippen molar-refractivity contribution in [3.63, 3.8) is 0 Å². The molecule has 1 amide bonds. The number of ether oxygens (including phenoxy) is 1. The molecule has 0 saturated carbocycles. The number of rotatable bonds is 1. The fraction of sp³-hybridized carbons (Fsp3) is 0.889. The molecule has 0 bridgehead atoms. The SMILES string of the molecule is CCOC(=O)N1CC(C)NCC1C. The van der Waals surface area contributed by atoms with Crippen molar-refractivity contribution in [2.45, 2.75) is 32.9 Å². The van der Waals surface area contributed by atoms with E-state index in [4.69, 9.17) is 4.74 Å². The molecular formula is C9H18N2O2. The largest absolute Gasteiger partial charge is 0.450 e. The molecule has 2 unspecified atom stereocenters. The molecule has 1 aliphatic heterocycles. The predicted molar refractivity (Wildman–Crippen MR) is 50.7 cm³/mol. The third-order valence-corrected chi connectivity index (χ3v) is 2.27. The molecular weight excluding hydrogens is 168 g/mol. The van der Waals surface area contributed by atoms with Gasteiger partial charge < -0.3 is 15.0 Å². The number of amides is 1. The lowest BCUT2D eigenvalue weighted by Crippen LogP contribution is -2.56. The second-order valence-electron chi connectivity index (χ2n) is 3.51. The average Bonchev–Trinajstić information content (AvgIpc) is 2.09. The molecule has 2 atom stereocenters. The number of nitrogens with zero attached hydrogens (tertiary/aromatic N) is 1. The number of nitrogens with one attached hydrogen (secondary N) is 1. The zero-order valence-electron chi connectivity index (χ0n) is 8.54. The minimum Gasteiger partial charge on any atom is -0.450 e. The van der Waals surface area contributed by atoms with Crippen molar-refractivity contribution in [3.05, 3.63) is 0 Å². The molecule has 4 nitrogen and oxygen atoms in total. The van der Waals surface area contributed by atoms with Crippen LogP contribution in [0.3, 0.4) is 0 Å². The van der Waals surface area contributed by atoms with E-state index in [0.29, 0.717) is 12.6 Å². The molecule has 1 rings (SSSR count). The maximum Gasteiger partial charge on any atom is 0.410 e. The summed E-state index contributed by atoms with van der Waals surface area (Å²) in [6, 6.07) is 0.593. The Bertz CT molecular complexity index is 184. The van der Waals surface area contributed by atoms with Crippen molar-refractivity contribution in [3.8, 4) is 0 Å². The molecule has 1 aliphatic rings. The number of hydrogen-bond acceptors (Lipinski definition) is 3. The first-order chi connectivity index (χ1) is 6.15. The number of carbonyl (C=O) groups excluding carboxylic acids is 1. The van der Waals surface area contributed by atoms with E-state index in [1.165, 1.54) is 0 Å². The van der Waals surface area contributed by atoms with Crippen molar-refractivity contribution in [2.75, 3.05) is 19.7 Å². The summed E-state index contributed by atoms with van der Waals surface area (Å²) in [4.78, 5) is 13.2. The predicted octanol–water partition coefficient (Wildman–Crippen LogP) is 0.825. The highest BCUT2D eigenvalue weighted by Crippen LogP contribution is 2.07. The van der Waals surface area contributed by atoms with Crippen LogP contribution in [0, 0.1) is 0 Å². The standard InChI is InChI=1S/C9H18N2O2/c1-4-13-9(12)11-6-7(2)10-5-8(11)3/h7-8,10H,4-6H2,1-3H3. The second kappa shape index (κ2) is 4.46. The fourth-order valence-electron chi connectivity index (χ4n) is 1.48. The molecule has 0 aromatic rings. The van der Waals surface area contributed by atoms with E-state index in [2.05, 4.69) is 12.2 Å². The Balaban J connectivity index is 2.50. The van der Waals surface area contributed by atoms with Crippen LogP contribution in [0.25, 0.3) is 0 Å². The third-order valence-electron chi connectivity index (χ3n) is 2.27. The Morgan fingerprint density at radius 1 is 1.62 bits per heavy atom. The zero-order valence-corrected chi connectivity index (χ0v) is 8.54. The smallest absolute Gasteiger partial charge is 0.410 e. The molecule has 1 fully saturated rings. The lowest BCUT2D eigenvalue weighted by atomic mass is 10.1. The van der Waals surface area contributed by atoms with E-state index < -0.39 is 0 Å². The van der Waals surface area contributed by atoms with Crippen LogP contribution in [0.4, 0.5) is 4.79 Å². The van der Waals surface area contributed by atoms with Gasteiger partial charge >= 0.3 is 6.09 Å². The van der Waals surface area contributed by atoms with Gasteiger partial charge in [-0.3, -0.25) is 0 Å². The van der Waals surface area contributed by atoms with Crippen LogP contribution in [0.15, 0.2) is 0 Å². The summed E-state index contributed by atoms with van der Waals surface area (Å²) in [5, 5.41) is 3.31. The first kappa shape index (κ1) is 10.3. The number of piperazine rings is 1. The van der Waals surface area contributed by atoms with E-state index in [1.807, 2.05) is 13.8 Å².